The molecule has 2 aromatic rings. The number of nitrogens with one attached hydrogen (secondary N) is 2. The summed E-state index contributed by atoms with van der Waals surface area (Å²) in [5, 5.41) is 10.6. The highest BCUT2D eigenvalue weighted by Crippen LogP contribution is 2.21. The summed E-state index contributed by atoms with van der Waals surface area (Å²) in [5.41, 5.74) is 2.86. The van der Waals surface area contributed by atoms with E-state index in [1.165, 1.54) is 0 Å². The molecule has 1 saturated heterocycles. The smallest absolute Gasteiger partial charge is 0.251 e. The third kappa shape index (κ3) is 5.82. The van der Waals surface area contributed by atoms with Crippen LogP contribution in [-0.2, 0) is 18.3 Å². The molecule has 2 N–H and O–H groups in total. The molecular weight excluding hydrogens is 380 g/mol. The van der Waals surface area contributed by atoms with Crippen molar-refractivity contribution in [1.82, 2.24) is 25.3 Å². The number of rotatable bonds is 7. The Kier molecular flexibility index (Phi) is 7.84. The van der Waals surface area contributed by atoms with Crippen LogP contribution in [0.3, 0.4) is 0 Å². The average molecular weight is 413 g/mol. The lowest BCUT2D eigenvalue weighted by Crippen LogP contribution is -2.47. The topological polar surface area (TPSA) is 83.8 Å². The number of aromatic nitrogens is 2. The van der Waals surface area contributed by atoms with E-state index in [4.69, 9.17) is 4.74 Å². The van der Waals surface area contributed by atoms with Crippen LogP contribution in [-0.4, -0.2) is 59.8 Å². The van der Waals surface area contributed by atoms with E-state index in [9.17, 15) is 4.79 Å². The van der Waals surface area contributed by atoms with Crippen LogP contribution >= 0.6 is 0 Å². The Morgan fingerprint density at radius 1 is 1.30 bits per heavy atom. The van der Waals surface area contributed by atoms with Crippen LogP contribution in [0.5, 0.6) is 0 Å². The zero-order valence-corrected chi connectivity index (χ0v) is 18.1. The molecule has 1 amide bonds. The molecule has 0 spiro atoms. The number of amides is 1. The molecule has 1 aromatic heterocycles. The molecule has 8 nitrogen and oxygen atoms in total. The van der Waals surface area contributed by atoms with Gasteiger partial charge in [0, 0.05) is 51.1 Å². The van der Waals surface area contributed by atoms with Gasteiger partial charge in [-0.1, -0.05) is 25.5 Å². The molecule has 1 aromatic carbocycles. The van der Waals surface area contributed by atoms with Gasteiger partial charge in [-0.25, -0.2) is 0 Å². The van der Waals surface area contributed by atoms with Gasteiger partial charge in [0.15, 0.2) is 5.96 Å². The van der Waals surface area contributed by atoms with Crippen molar-refractivity contribution in [1.29, 1.82) is 0 Å². The summed E-state index contributed by atoms with van der Waals surface area (Å²) in [4.78, 5) is 18.8. The van der Waals surface area contributed by atoms with Crippen molar-refractivity contribution in [3.8, 4) is 0 Å². The van der Waals surface area contributed by atoms with E-state index >= 15 is 0 Å². The minimum absolute atomic E-state index is 0.0171. The Hall–Kier alpha value is -2.87. The second-order valence-corrected chi connectivity index (χ2v) is 7.46. The summed E-state index contributed by atoms with van der Waals surface area (Å²) in [6.07, 6.45) is 5.89. The van der Waals surface area contributed by atoms with E-state index in [-0.39, 0.29) is 12.0 Å². The summed E-state index contributed by atoms with van der Waals surface area (Å²) in [6.45, 7) is 5.61. The van der Waals surface area contributed by atoms with Gasteiger partial charge < -0.3 is 20.3 Å². The molecule has 0 radical (unpaired) electrons. The lowest BCUT2D eigenvalue weighted by atomic mass is 10.1. The molecule has 162 valence electrons. The number of guanidine groups is 1. The van der Waals surface area contributed by atoms with E-state index in [0.717, 1.165) is 43.0 Å². The first kappa shape index (κ1) is 21.8. The van der Waals surface area contributed by atoms with E-state index in [2.05, 4.69) is 32.5 Å². The van der Waals surface area contributed by atoms with Crippen LogP contribution in [0.1, 0.15) is 47.4 Å². The molecule has 0 aliphatic carbocycles. The number of aryl methyl sites for hydroxylation is 1. The van der Waals surface area contributed by atoms with Crippen molar-refractivity contribution in [2.45, 2.75) is 32.4 Å². The molecule has 8 heteroatoms. The van der Waals surface area contributed by atoms with E-state index < -0.39 is 0 Å². The number of unbranched alkanes of at least 4 members (excludes halogenated alkanes) is 1. The molecule has 1 unspecified atom stereocenters. The Balaban J connectivity index is 1.53. The molecule has 3 rings (SSSR count). The number of hydrogen-bond acceptors (Lipinski definition) is 4. The Bertz CT molecular complexity index is 846. The van der Waals surface area contributed by atoms with Gasteiger partial charge in [0.25, 0.3) is 5.91 Å². The molecule has 30 heavy (non-hydrogen) atoms. The van der Waals surface area contributed by atoms with Crippen molar-refractivity contribution in [3.63, 3.8) is 0 Å². The van der Waals surface area contributed by atoms with Crippen molar-refractivity contribution in [3.05, 3.63) is 53.3 Å². The fourth-order valence-corrected chi connectivity index (χ4v) is 3.42. The van der Waals surface area contributed by atoms with Crippen LogP contribution in [0.4, 0.5) is 0 Å². The Morgan fingerprint density at radius 3 is 2.77 bits per heavy atom. The van der Waals surface area contributed by atoms with Crippen LogP contribution in [0.2, 0.25) is 0 Å². The van der Waals surface area contributed by atoms with Crippen LogP contribution in [0.25, 0.3) is 0 Å². The standard InChI is InChI=1S/C22H32N6O2/c1-4-5-10-24-21(29)18-8-6-17(7-9-18)13-25-22(23-2)28-11-12-30-20(16-28)19-14-26-27(3)15-19/h6-9,14-15,20H,4-5,10-13,16H2,1-3H3,(H,23,25)(H,24,29). The number of ether oxygens (including phenoxy) is 1. The summed E-state index contributed by atoms with van der Waals surface area (Å²) in [7, 11) is 3.70. The molecule has 1 aliphatic rings. The maximum absolute atomic E-state index is 12.1. The highest BCUT2D eigenvalue weighted by atomic mass is 16.5. The number of morpholine rings is 1. The molecule has 0 bridgehead atoms. The first-order valence-electron chi connectivity index (χ1n) is 10.5. The van der Waals surface area contributed by atoms with Gasteiger partial charge in [-0.2, -0.15) is 5.10 Å². The molecule has 2 heterocycles. The zero-order chi connectivity index (χ0) is 21.3. The van der Waals surface area contributed by atoms with Gasteiger partial charge in [0.1, 0.15) is 6.10 Å². The van der Waals surface area contributed by atoms with Crippen LogP contribution in [0.15, 0.2) is 41.7 Å². The maximum Gasteiger partial charge on any atom is 0.251 e. The van der Waals surface area contributed by atoms with Crippen molar-refractivity contribution >= 4 is 11.9 Å². The van der Waals surface area contributed by atoms with Gasteiger partial charge in [-0.15, -0.1) is 0 Å². The predicted molar refractivity (Wildman–Crippen MR) is 117 cm³/mol. The lowest BCUT2D eigenvalue weighted by molar-refractivity contribution is -0.00805. The summed E-state index contributed by atoms with van der Waals surface area (Å²) in [6, 6.07) is 7.70. The number of carbonyl (C=O) groups excluding carboxylic acids is 1. The zero-order valence-electron chi connectivity index (χ0n) is 18.1. The van der Waals surface area contributed by atoms with Crippen LogP contribution in [0, 0.1) is 0 Å². The summed E-state index contributed by atoms with van der Waals surface area (Å²) < 4.78 is 7.71. The maximum atomic E-state index is 12.1. The first-order valence-corrected chi connectivity index (χ1v) is 10.5. The SMILES string of the molecule is CCCCNC(=O)c1ccc(CNC(=NC)N2CCOC(c3cnn(C)c3)C2)cc1. The fourth-order valence-electron chi connectivity index (χ4n) is 3.42. The highest BCUT2D eigenvalue weighted by molar-refractivity contribution is 5.94. The third-order valence-electron chi connectivity index (χ3n) is 5.16. The number of nitrogens with zero attached hydrogens (tertiary/aromatic N) is 4. The number of hydrogen-bond donors (Lipinski definition) is 2. The normalized spacial score (nSPS) is 17.1. The second-order valence-electron chi connectivity index (χ2n) is 7.46. The van der Waals surface area contributed by atoms with Crippen molar-refractivity contribution in [2.75, 3.05) is 33.3 Å². The molecule has 1 atom stereocenters. The van der Waals surface area contributed by atoms with E-state index in [1.807, 2.05) is 43.7 Å². The molecular formula is C22H32N6O2. The largest absolute Gasteiger partial charge is 0.370 e. The minimum atomic E-state index is -0.0199. The van der Waals surface area contributed by atoms with Crippen LogP contribution < -0.4 is 10.6 Å². The van der Waals surface area contributed by atoms with E-state index in [0.29, 0.717) is 25.3 Å². The summed E-state index contributed by atoms with van der Waals surface area (Å²) in [5.74, 6) is 0.821. The first-order chi connectivity index (χ1) is 14.6. The molecule has 0 saturated carbocycles. The van der Waals surface area contributed by atoms with Gasteiger partial charge in [-0.3, -0.25) is 14.5 Å². The van der Waals surface area contributed by atoms with Gasteiger partial charge in [0.05, 0.1) is 19.3 Å². The monoisotopic (exact) mass is 412 g/mol. The molecule has 1 aliphatic heterocycles. The summed E-state index contributed by atoms with van der Waals surface area (Å²) >= 11 is 0. The second kappa shape index (κ2) is 10.8. The fraction of sp³-hybridized carbons (Fsp3) is 0.500. The van der Waals surface area contributed by atoms with Gasteiger partial charge in [0.2, 0.25) is 0 Å². The highest BCUT2D eigenvalue weighted by Gasteiger charge is 2.25. The number of benzene rings is 1. The third-order valence-corrected chi connectivity index (χ3v) is 5.16. The van der Waals surface area contributed by atoms with Gasteiger partial charge in [-0.05, 0) is 24.1 Å². The molecule has 1 fully saturated rings. The lowest BCUT2D eigenvalue weighted by Gasteiger charge is -2.34. The van der Waals surface area contributed by atoms with Crippen molar-refractivity contribution < 1.29 is 9.53 Å². The Labute approximate surface area is 178 Å². The number of aliphatic imine (C=N–C) groups is 1. The van der Waals surface area contributed by atoms with Gasteiger partial charge >= 0.3 is 0 Å². The minimum Gasteiger partial charge on any atom is -0.370 e. The predicted octanol–water partition coefficient (Wildman–Crippen LogP) is 2.10. The average Bonchev–Trinajstić information content (AvgIpc) is 3.21. The Morgan fingerprint density at radius 2 is 2.10 bits per heavy atom. The quantitative estimate of drug-likeness (QED) is 0.413. The number of carbonyl (C=O) groups is 1. The van der Waals surface area contributed by atoms with Crippen molar-refractivity contribution in [2.24, 2.45) is 12.0 Å². The van der Waals surface area contributed by atoms with E-state index in [1.54, 1.807) is 11.7 Å².